The van der Waals surface area contributed by atoms with Gasteiger partial charge in [0.1, 0.15) is 0 Å². The second-order valence-corrected chi connectivity index (χ2v) is 7.70. The first-order chi connectivity index (χ1) is 10.2. The van der Waals surface area contributed by atoms with E-state index in [1.165, 1.54) is 18.6 Å². The third-order valence-electron chi connectivity index (χ3n) is 4.02. The quantitative estimate of drug-likeness (QED) is 0.285. The number of nitrogens with zero attached hydrogens (tertiary/aromatic N) is 2. The summed E-state index contributed by atoms with van der Waals surface area (Å²) >= 11 is 2.10. The maximum Gasteiger partial charge on any atom is 0.194 e. The zero-order chi connectivity index (χ0) is 15.1. The van der Waals surface area contributed by atoms with Crippen LogP contribution in [0.5, 0.6) is 0 Å². The van der Waals surface area contributed by atoms with Crippen molar-refractivity contribution in [3.05, 3.63) is 0 Å². The molecule has 1 N–H and O–H groups in total. The van der Waals surface area contributed by atoms with Gasteiger partial charge in [0.2, 0.25) is 0 Å². The Bertz CT molecular complexity index is 337. The topological polar surface area (TPSA) is 36.9 Å². The van der Waals surface area contributed by atoms with Crippen LogP contribution in [0.25, 0.3) is 0 Å². The molecule has 1 unspecified atom stereocenters. The first kappa shape index (κ1) is 20.4. The predicted molar refractivity (Wildman–Crippen MR) is 108 cm³/mol. The van der Waals surface area contributed by atoms with Crippen molar-refractivity contribution >= 4 is 41.7 Å². The van der Waals surface area contributed by atoms with Crippen LogP contribution < -0.4 is 5.32 Å². The molecular weight excluding hydrogens is 409 g/mol. The van der Waals surface area contributed by atoms with Crippen LogP contribution in [0, 0.1) is 11.8 Å². The van der Waals surface area contributed by atoms with Crippen molar-refractivity contribution in [3.8, 4) is 0 Å². The molecular formula is C16H32IN3OS. The Hall–Kier alpha value is 0.310. The molecule has 0 aromatic rings. The van der Waals surface area contributed by atoms with E-state index >= 15 is 0 Å². The average Bonchev–Trinajstić information content (AvgIpc) is 3.30. The maximum absolute atomic E-state index is 5.68. The summed E-state index contributed by atoms with van der Waals surface area (Å²) in [6.07, 6.45) is 2.71. The first-order valence-corrected chi connectivity index (χ1v) is 9.48. The van der Waals surface area contributed by atoms with E-state index in [2.05, 4.69) is 42.7 Å². The van der Waals surface area contributed by atoms with E-state index in [0.717, 1.165) is 57.2 Å². The highest BCUT2D eigenvalue weighted by Gasteiger charge is 2.25. The summed E-state index contributed by atoms with van der Waals surface area (Å²) in [5, 5.41) is 4.15. The highest BCUT2D eigenvalue weighted by molar-refractivity contribution is 14.0. The maximum atomic E-state index is 5.68. The van der Waals surface area contributed by atoms with Gasteiger partial charge in [-0.1, -0.05) is 13.8 Å². The molecule has 0 bridgehead atoms. The first-order valence-electron chi connectivity index (χ1n) is 8.43. The van der Waals surface area contributed by atoms with Crippen LogP contribution in [0.2, 0.25) is 0 Å². The Morgan fingerprint density at radius 3 is 2.82 bits per heavy atom. The van der Waals surface area contributed by atoms with Crippen molar-refractivity contribution in [3.63, 3.8) is 0 Å². The van der Waals surface area contributed by atoms with Crippen molar-refractivity contribution in [2.45, 2.75) is 38.9 Å². The van der Waals surface area contributed by atoms with Crippen LogP contribution in [0.1, 0.15) is 33.6 Å². The van der Waals surface area contributed by atoms with E-state index in [1.54, 1.807) is 0 Å². The molecule has 1 atom stereocenters. The Labute approximate surface area is 157 Å². The van der Waals surface area contributed by atoms with E-state index in [0.29, 0.717) is 5.25 Å². The van der Waals surface area contributed by atoms with Crippen LogP contribution in [-0.4, -0.2) is 61.3 Å². The van der Waals surface area contributed by atoms with Crippen LogP contribution in [-0.2, 0) is 4.74 Å². The molecule has 130 valence electrons. The van der Waals surface area contributed by atoms with Crippen LogP contribution in [0.15, 0.2) is 4.99 Å². The molecule has 2 aliphatic rings. The number of thioether (sulfide) groups is 1. The Balaban J connectivity index is 0.00000242. The Morgan fingerprint density at radius 1 is 1.41 bits per heavy atom. The minimum Gasteiger partial charge on any atom is -0.379 e. The van der Waals surface area contributed by atoms with Gasteiger partial charge < -0.3 is 15.0 Å². The number of rotatable bonds is 7. The molecule has 2 fully saturated rings. The number of hydrogen-bond donors (Lipinski definition) is 1. The van der Waals surface area contributed by atoms with Crippen molar-refractivity contribution in [2.24, 2.45) is 16.8 Å². The number of hydrogen-bond acceptors (Lipinski definition) is 3. The van der Waals surface area contributed by atoms with Crippen molar-refractivity contribution in [1.29, 1.82) is 0 Å². The molecule has 1 saturated carbocycles. The molecule has 0 aromatic heterocycles. The van der Waals surface area contributed by atoms with Gasteiger partial charge >= 0.3 is 0 Å². The molecule has 1 aliphatic heterocycles. The van der Waals surface area contributed by atoms with Gasteiger partial charge in [-0.25, -0.2) is 0 Å². The van der Waals surface area contributed by atoms with Crippen molar-refractivity contribution in [1.82, 2.24) is 10.2 Å². The standard InChI is InChI=1S/C16H31N3OS.HI/c1-4-17-16(18-7-9-20-12-14-5-6-14)19-8-10-21-15(11-19)13(2)3;/h13-15H,4-12H2,1-3H3,(H,17,18);1H. The molecule has 0 amide bonds. The van der Waals surface area contributed by atoms with Crippen LogP contribution >= 0.6 is 35.7 Å². The fourth-order valence-electron chi connectivity index (χ4n) is 2.45. The fraction of sp³-hybridized carbons (Fsp3) is 0.938. The van der Waals surface area contributed by atoms with Gasteiger partial charge in [0.15, 0.2) is 5.96 Å². The van der Waals surface area contributed by atoms with E-state index < -0.39 is 0 Å². The lowest BCUT2D eigenvalue weighted by Gasteiger charge is -2.36. The van der Waals surface area contributed by atoms with Crippen LogP contribution in [0.3, 0.4) is 0 Å². The number of ether oxygens (including phenoxy) is 1. The summed E-state index contributed by atoms with van der Waals surface area (Å²) in [6, 6.07) is 0. The van der Waals surface area contributed by atoms with Gasteiger partial charge in [-0.2, -0.15) is 11.8 Å². The number of nitrogens with one attached hydrogen (secondary N) is 1. The fourth-order valence-corrected chi connectivity index (χ4v) is 3.75. The predicted octanol–water partition coefficient (Wildman–Crippen LogP) is 3.07. The van der Waals surface area contributed by atoms with E-state index in [4.69, 9.17) is 9.73 Å². The summed E-state index contributed by atoms with van der Waals surface area (Å²) in [6.45, 7) is 12.4. The molecule has 0 aromatic carbocycles. The normalized spacial score (nSPS) is 22.6. The van der Waals surface area contributed by atoms with Crippen molar-refractivity contribution < 1.29 is 4.74 Å². The minimum absolute atomic E-state index is 0. The molecule has 1 aliphatic carbocycles. The lowest BCUT2D eigenvalue weighted by atomic mass is 10.1. The molecule has 0 radical (unpaired) electrons. The lowest BCUT2D eigenvalue weighted by molar-refractivity contribution is 0.131. The zero-order valence-corrected chi connectivity index (χ0v) is 17.4. The van der Waals surface area contributed by atoms with Gasteiger partial charge in [-0.05, 0) is 31.6 Å². The highest BCUT2D eigenvalue weighted by Crippen LogP contribution is 2.28. The summed E-state index contributed by atoms with van der Waals surface area (Å²) < 4.78 is 5.68. The molecule has 1 saturated heterocycles. The average molecular weight is 441 g/mol. The molecule has 2 rings (SSSR count). The molecule has 22 heavy (non-hydrogen) atoms. The van der Waals surface area contributed by atoms with E-state index in [9.17, 15) is 0 Å². The summed E-state index contributed by atoms with van der Waals surface area (Å²) in [4.78, 5) is 7.17. The van der Waals surface area contributed by atoms with E-state index in [1.807, 2.05) is 0 Å². The second kappa shape index (κ2) is 11.0. The van der Waals surface area contributed by atoms with Gasteiger partial charge in [-0.3, -0.25) is 4.99 Å². The van der Waals surface area contributed by atoms with Crippen LogP contribution in [0.4, 0.5) is 0 Å². The SMILES string of the molecule is CCNC(=NCCOCC1CC1)N1CCSC(C(C)C)C1.I. The van der Waals surface area contributed by atoms with Gasteiger partial charge in [-0.15, -0.1) is 24.0 Å². The van der Waals surface area contributed by atoms with Gasteiger partial charge in [0, 0.05) is 37.2 Å². The van der Waals surface area contributed by atoms with Gasteiger partial charge in [0.25, 0.3) is 0 Å². The molecule has 1 heterocycles. The smallest absolute Gasteiger partial charge is 0.194 e. The monoisotopic (exact) mass is 441 g/mol. The van der Waals surface area contributed by atoms with E-state index in [-0.39, 0.29) is 24.0 Å². The molecule has 0 spiro atoms. The lowest BCUT2D eigenvalue weighted by Crippen LogP contribution is -2.49. The molecule has 4 nitrogen and oxygen atoms in total. The zero-order valence-electron chi connectivity index (χ0n) is 14.2. The Morgan fingerprint density at radius 2 is 2.18 bits per heavy atom. The third kappa shape index (κ3) is 7.25. The number of guanidine groups is 1. The molecule has 6 heteroatoms. The minimum atomic E-state index is 0. The third-order valence-corrected chi connectivity index (χ3v) is 5.56. The summed E-state index contributed by atoms with van der Waals surface area (Å²) in [7, 11) is 0. The van der Waals surface area contributed by atoms with Crippen molar-refractivity contribution in [2.75, 3.05) is 45.1 Å². The van der Waals surface area contributed by atoms with Gasteiger partial charge in [0.05, 0.1) is 13.2 Å². The summed E-state index contributed by atoms with van der Waals surface area (Å²) in [5.74, 6) is 3.83. The highest BCUT2D eigenvalue weighted by atomic mass is 127. The summed E-state index contributed by atoms with van der Waals surface area (Å²) in [5.41, 5.74) is 0. The number of aliphatic imine (C=N–C) groups is 1. The largest absolute Gasteiger partial charge is 0.379 e. The second-order valence-electron chi connectivity index (χ2n) is 6.35. The Kier molecular flexibility index (Phi) is 10.1. The number of halogens is 1.